The fourth-order valence-corrected chi connectivity index (χ4v) is 5.19. The summed E-state index contributed by atoms with van der Waals surface area (Å²) in [5.41, 5.74) is 0.578. The molecule has 3 heterocycles. The molecule has 0 radical (unpaired) electrons. The summed E-state index contributed by atoms with van der Waals surface area (Å²) in [5.74, 6) is 0.789. The maximum absolute atomic E-state index is 12.4. The van der Waals surface area contributed by atoms with Gasteiger partial charge in [0.25, 0.3) is 0 Å². The third-order valence-corrected chi connectivity index (χ3v) is 6.24. The molecule has 21 heavy (non-hydrogen) atoms. The van der Waals surface area contributed by atoms with Crippen LogP contribution in [0.1, 0.15) is 29.6 Å². The van der Waals surface area contributed by atoms with Crippen LogP contribution in [0, 0.1) is 5.92 Å². The lowest BCUT2D eigenvalue weighted by molar-refractivity contribution is 0.0378. The highest BCUT2D eigenvalue weighted by Crippen LogP contribution is 2.33. The van der Waals surface area contributed by atoms with E-state index in [9.17, 15) is 4.79 Å². The second-order valence-corrected chi connectivity index (χ2v) is 8.42. The Kier molecular flexibility index (Phi) is 4.91. The predicted octanol–water partition coefficient (Wildman–Crippen LogP) is 3.65. The van der Waals surface area contributed by atoms with Gasteiger partial charge in [0.15, 0.2) is 5.78 Å². The number of ketones is 1. The number of nitrogens with zero attached hydrogens (tertiary/aromatic N) is 2. The summed E-state index contributed by atoms with van der Waals surface area (Å²) < 4.78 is 1.09. The number of carbonyl (C=O) groups is 1. The van der Waals surface area contributed by atoms with Gasteiger partial charge < -0.3 is 4.90 Å². The zero-order valence-electron chi connectivity index (χ0n) is 12.1. The van der Waals surface area contributed by atoms with Gasteiger partial charge in [0.05, 0.1) is 16.4 Å². The standard InChI is InChI=1S/C15H20Cl2N2OS/c1-18-5-2-3-10-8-19(6-4-12(10)18)9-13(20)11-7-14(16)21-15(11)17/h7,10,12H,2-6,8-9H2,1H3. The van der Waals surface area contributed by atoms with Crippen molar-refractivity contribution in [2.45, 2.75) is 25.3 Å². The highest BCUT2D eigenvalue weighted by atomic mass is 35.5. The third-order valence-electron chi connectivity index (χ3n) is 4.75. The normalized spacial score (nSPS) is 27.6. The molecule has 2 aliphatic heterocycles. The van der Waals surface area contributed by atoms with Crippen molar-refractivity contribution >= 4 is 40.3 Å². The second-order valence-electron chi connectivity index (χ2n) is 6.14. The molecule has 0 N–H and O–H groups in total. The van der Waals surface area contributed by atoms with Gasteiger partial charge in [-0.15, -0.1) is 11.3 Å². The summed E-state index contributed by atoms with van der Waals surface area (Å²) in [6.45, 7) is 3.69. The van der Waals surface area contributed by atoms with Crippen LogP contribution in [-0.4, -0.2) is 54.9 Å². The van der Waals surface area contributed by atoms with Gasteiger partial charge in [-0.1, -0.05) is 23.2 Å². The minimum atomic E-state index is 0.0887. The number of rotatable bonds is 3. The summed E-state index contributed by atoms with van der Waals surface area (Å²) in [5, 5.41) is 0. The molecule has 0 aromatic carbocycles. The monoisotopic (exact) mass is 346 g/mol. The second kappa shape index (κ2) is 6.55. The molecular formula is C15H20Cl2N2OS. The molecule has 3 rings (SSSR count). The smallest absolute Gasteiger partial charge is 0.179 e. The van der Waals surface area contributed by atoms with Crippen molar-refractivity contribution in [2.75, 3.05) is 33.2 Å². The van der Waals surface area contributed by atoms with Gasteiger partial charge in [-0.3, -0.25) is 9.69 Å². The van der Waals surface area contributed by atoms with Crippen molar-refractivity contribution in [1.82, 2.24) is 9.80 Å². The van der Waals surface area contributed by atoms with E-state index in [1.165, 1.54) is 30.7 Å². The molecule has 1 aromatic heterocycles. The minimum absolute atomic E-state index is 0.0887. The van der Waals surface area contributed by atoms with Crippen LogP contribution in [-0.2, 0) is 0 Å². The van der Waals surface area contributed by atoms with Gasteiger partial charge in [0.1, 0.15) is 4.34 Å². The molecule has 2 fully saturated rings. The number of fused-ring (bicyclic) bond motifs is 1. The Balaban J connectivity index is 1.61. The lowest BCUT2D eigenvalue weighted by Crippen LogP contribution is -2.53. The number of likely N-dealkylation sites (tertiary alicyclic amines) is 2. The van der Waals surface area contributed by atoms with Crippen molar-refractivity contribution in [2.24, 2.45) is 5.92 Å². The molecule has 1 aromatic rings. The van der Waals surface area contributed by atoms with Crippen molar-refractivity contribution in [1.29, 1.82) is 0 Å². The Bertz CT molecular complexity index is 534. The molecule has 2 saturated heterocycles. The van der Waals surface area contributed by atoms with E-state index in [4.69, 9.17) is 23.2 Å². The summed E-state index contributed by atoms with van der Waals surface area (Å²) in [6, 6.07) is 2.39. The van der Waals surface area contributed by atoms with Gasteiger partial charge >= 0.3 is 0 Å². The van der Waals surface area contributed by atoms with E-state index in [0.717, 1.165) is 19.5 Å². The predicted molar refractivity (Wildman–Crippen MR) is 88.9 cm³/mol. The molecule has 116 valence electrons. The van der Waals surface area contributed by atoms with Crippen molar-refractivity contribution in [3.63, 3.8) is 0 Å². The van der Waals surface area contributed by atoms with Crippen molar-refractivity contribution < 1.29 is 4.79 Å². The summed E-state index contributed by atoms with van der Waals surface area (Å²) in [7, 11) is 2.23. The van der Waals surface area contributed by atoms with E-state index in [-0.39, 0.29) is 5.78 Å². The van der Waals surface area contributed by atoms with E-state index < -0.39 is 0 Å². The third kappa shape index (κ3) is 3.45. The van der Waals surface area contributed by atoms with E-state index in [1.54, 1.807) is 6.07 Å². The van der Waals surface area contributed by atoms with E-state index in [2.05, 4.69) is 16.8 Å². The highest BCUT2D eigenvalue weighted by Gasteiger charge is 2.34. The molecule has 0 aliphatic carbocycles. The van der Waals surface area contributed by atoms with Crippen LogP contribution in [0.15, 0.2) is 6.07 Å². The fraction of sp³-hybridized carbons (Fsp3) is 0.667. The van der Waals surface area contributed by atoms with Gasteiger partial charge in [-0.2, -0.15) is 0 Å². The SMILES string of the molecule is CN1CCCC2CN(CC(=O)c3cc(Cl)sc3Cl)CCC21. The van der Waals surface area contributed by atoms with Crippen LogP contribution in [0.2, 0.25) is 8.67 Å². The van der Waals surface area contributed by atoms with E-state index in [0.29, 0.717) is 32.7 Å². The number of hydrogen-bond acceptors (Lipinski definition) is 4. The summed E-state index contributed by atoms with van der Waals surface area (Å²) >= 11 is 13.3. The highest BCUT2D eigenvalue weighted by molar-refractivity contribution is 7.20. The molecule has 0 saturated carbocycles. The molecule has 2 aliphatic rings. The Morgan fingerprint density at radius 2 is 2.19 bits per heavy atom. The summed E-state index contributed by atoms with van der Waals surface area (Å²) in [4.78, 5) is 17.2. The number of Topliss-reactive ketones (excluding diaryl/α,β-unsaturated/α-hetero) is 1. The van der Waals surface area contributed by atoms with Crippen LogP contribution < -0.4 is 0 Å². The number of hydrogen-bond donors (Lipinski definition) is 0. The fourth-order valence-electron chi connectivity index (χ4n) is 3.69. The summed E-state index contributed by atoms with van der Waals surface area (Å²) in [6.07, 6.45) is 3.71. The van der Waals surface area contributed by atoms with Crippen LogP contribution in [0.3, 0.4) is 0 Å². The Morgan fingerprint density at radius 1 is 1.38 bits per heavy atom. The quantitative estimate of drug-likeness (QED) is 0.780. The average molecular weight is 347 g/mol. The number of thiophene rings is 1. The Labute approximate surface area is 139 Å². The number of carbonyl (C=O) groups excluding carboxylic acids is 1. The Morgan fingerprint density at radius 3 is 2.90 bits per heavy atom. The number of halogens is 2. The maximum atomic E-state index is 12.4. The van der Waals surface area contributed by atoms with Crippen LogP contribution in [0.5, 0.6) is 0 Å². The minimum Gasteiger partial charge on any atom is -0.303 e. The molecule has 0 bridgehead atoms. The first-order chi connectivity index (χ1) is 10.0. The molecular weight excluding hydrogens is 327 g/mol. The average Bonchev–Trinajstić information content (AvgIpc) is 2.78. The topological polar surface area (TPSA) is 23.6 Å². The Hall–Kier alpha value is -0.130. The van der Waals surface area contributed by atoms with Crippen LogP contribution in [0.25, 0.3) is 0 Å². The van der Waals surface area contributed by atoms with Crippen LogP contribution in [0.4, 0.5) is 0 Å². The van der Waals surface area contributed by atoms with Gasteiger partial charge in [-0.05, 0) is 44.8 Å². The lowest BCUT2D eigenvalue weighted by atomic mass is 9.84. The molecule has 0 amide bonds. The maximum Gasteiger partial charge on any atom is 0.179 e. The van der Waals surface area contributed by atoms with Crippen molar-refractivity contribution in [3.05, 3.63) is 20.3 Å². The molecule has 3 nitrogen and oxygen atoms in total. The first-order valence-electron chi connectivity index (χ1n) is 7.45. The van der Waals surface area contributed by atoms with Crippen molar-refractivity contribution in [3.8, 4) is 0 Å². The van der Waals surface area contributed by atoms with Gasteiger partial charge in [-0.25, -0.2) is 0 Å². The zero-order chi connectivity index (χ0) is 15.0. The molecule has 2 atom stereocenters. The lowest BCUT2D eigenvalue weighted by Gasteiger charge is -2.45. The molecule has 2 unspecified atom stereocenters. The van der Waals surface area contributed by atoms with E-state index >= 15 is 0 Å². The first-order valence-corrected chi connectivity index (χ1v) is 9.02. The number of piperidine rings is 2. The zero-order valence-corrected chi connectivity index (χ0v) is 14.5. The molecule has 6 heteroatoms. The first kappa shape index (κ1) is 15.8. The molecule has 0 spiro atoms. The van der Waals surface area contributed by atoms with Crippen LogP contribution >= 0.6 is 34.5 Å². The van der Waals surface area contributed by atoms with Gasteiger partial charge in [0, 0.05) is 19.1 Å². The van der Waals surface area contributed by atoms with E-state index in [1.807, 2.05) is 0 Å². The van der Waals surface area contributed by atoms with Gasteiger partial charge in [0.2, 0.25) is 0 Å². The largest absolute Gasteiger partial charge is 0.303 e.